The van der Waals surface area contributed by atoms with E-state index >= 15 is 0 Å². The molecule has 2 nitrogen and oxygen atoms in total. The molecule has 0 atom stereocenters. The molecule has 0 radical (unpaired) electrons. The number of hydrogen-bond acceptors (Lipinski definition) is 0. The number of para-hydroxylation sites is 4. The van der Waals surface area contributed by atoms with Crippen LogP contribution in [0.1, 0.15) is 73.9 Å². The van der Waals surface area contributed by atoms with E-state index < -0.39 is 5.41 Å². The number of benzene rings is 10. The Morgan fingerprint density at radius 3 is 1.63 bits per heavy atom. The third kappa shape index (κ3) is 4.22. The van der Waals surface area contributed by atoms with Crippen molar-refractivity contribution < 1.29 is 0 Å². The first kappa shape index (κ1) is 38.0. The lowest BCUT2D eigenvalue weighted by Crippen LogP contribution is -2.60. The summed E-state index contributed by atoms with van der Waals surface area (Å²) in [5, 5.41) is 7.85. The molecule has 3 aliphatic heterocycles. The van der Waals surface area contributed by atoms with Crippen molar-refractivity contribution in [1.29, 1.82) is 0 Å². The van der Waals surface area contributed by atoms with Gasteiger partial charge in [0.05, 0.1) is 22.1 Å². The molecular formula is C67H47BN2. The molecule has 0 amide bonds. The van der Waals surface area contributed by atoms with E-state index in [1.807, 2.05) is 0 Å². The van der Waals surface area contributed by atoms with Crippen LogP contribution in [0.4, 0.5) is 0 Å². The van der Waals surface area contributed by atoms with Gasteiger partial charge in [0, 0.05) is 43.8 Å². The predicted octanol–water partition coefficient (Wildman–Crippen LogP) is 14.5. The zero-order valence-corrected chi connectivity index (χ0v) is 39.8. The lowest BCUT2D eigenvalue weighted by molar-refractivity contribution is 0.332. The highest BCUT2D eigenvalue weighted by Gasteiger charge is 2.54. The highest BCUT2D eigenvalue weighted by Crippen LogP contribution is 2.62. The predicted molar refractivity (Wildman–Crippen MR) is 294 cm³/mol. The molecule has 0 fully saturated rings. The van der Waals surface area contributed by atoms with Crippen LogP contribution in [0.15, 0.2) is 188 Å². The maximum atomic E-state index is 2.73. The van der Waals surface area contributed by atoms with Gasteiger partial charge < -0.3 is 9.13 Å². The summed E-state index contributed by atoms with van der Waals surface area (Å²) < 4.78 is 5.42. The van der Waals surface area contributed by atoms with Gasteiger partial charge in [-0.05, 0) is 124 Å². The fourth-order valence-corrected chi connectivity index (χ4v) is 15.3. The monoisotopic (exact) mass is 890 g/mol. The summed E-state index contributed by atoms with van der Waals surface area (Å²) in [5.74, 6) is 0. The smallest absolute Gasteiger partial charge is 0.252 e. The van der Waals surface area contributed by atoms with Crippen molar-refractivity contribution in [1.82, 2.24) is 9.13 Å². The molecule has 12 aromatic rings. The van der Waals surface area contributed by atoms with Crippen LogP contribution in [0, 0.1) is 0 Å². The Kier molecular flexibility index (Phi) is 6.77. The second-order valence-corrected chi connectivity index (χ2v) is 22.5. The fraction of sp³-hybridized carbons (Fsp3) is 0.134. The molecule has 328 valence electrons. The van der Waals surface area contributed by atoms with Gasteiger partial charge in [0.2, 0.25) is 0 Å². The maximum absolute atomic E-state index is 2.73. The largest absolute Gasteiger partial charge is 0.310 e. The van der Waals surface area contributed by atoms with E-state index in [1.165, 1.54) is 162 Å². The first-order valence-corrected chi connectivity index (χ1v) is 25.4. The average Bonchev–Trinajstić information content (AvgIpc) is 4.03. The number of rotatable bonds is 2. The van der Waals surface area contributed by atoms with Crippen LogP contribution >= 0.6 is 0 Å². The summed E-state index contributed by atoms with van der Waals surface area (Å²) in [5.41, 5.74) is 28.1. The Balaban J connectivity index is 1.08. The third-order valence-corrected chi connectivity index (χ3v) is 18.4. The van der Waals surface area contributed by atoms with E-state index in [1.54, 1.807) is 0 Å². The Bertz CT molecular complexity index is 4390. The molecule has 2 aliphatic carbocycles. The van der Waals surface area contributed by atoms with Crippen molar-refractivity contribution in [2.24, 2.45) is 0 Å². The number of aromatic nitrogens is 2. The van der Waals surface area contributed by atoms with Gasteiger partial charge in [-0.25, -0.2) is 0 Å². The highest BCUT2D eigenvalue weighted by molar-refractivity contribution is 7.00. The van der Waals surface area contributed by atoms with Crippen LogP contribution in [0.2, 0.25) is 0 Å². The van der Waals surface area contributed by atoms with Gasteiger partial charge in [0.15, 0.2) is 0 Å². The highest BCUT2D eigenvalue weighted by atomic mass is 15.1. The van der Waals surface area contributed by atoms with Gasteiger partial charge in [0.1, 0.15) is 0 Å². The standard InChI is InChI=1S/C67H47BN2/c1-65(2)34-35-66(3,4)54-36-38(30-33-52(54)65)39-31-32-42(41-17-6-5-16-40(39)41)49-37-55-64-59-63(49)69-58-29-12-9-20-45(58)46-22-14-27-56(61(46)69)68(59)57-28-15-23-48-47-21-13-26-53(60(47)70(64)62(48)57)67(55)50-24-10-7-18-43(50)44-19-8-11-25-51(44)67/h5-33,36-37H,34-35H2,1-4H3. The van der Waals surface area contributed by atoms with Crippen molar-refractivity contribution in [3.8, 4) is 44.8 Å². The number of fused-ring (bicyclic) bond motifs is 16. The molecular weight excluding hydrogens is 844 g/mol. The van der Waals surface area contributed by atoms with Gasteiger partial charge >= 0.3 is 0 Å². The molecule has 0 saturated carbocycles. The van der Waals surface area contributed by atoms with E-state index in [4.69, 9.17) is 0 Å². The van der Waals surface area contributed by atoms with Crippen LogP contribution in [0.25, 0.3) is 99.1 Å². The molecule has 0 saturated heterocycles. The SMILES string of the molecule is CC1(C)CCC(C)(C)c2cc(-c3ccc(-c4cc5c6c7c4-n4c8ccccc8c8cccc(c84)B7c4cccc7c8cccc(c8n-6c47)C54c5ccccc5-c5ccccc54)c4ccccc34)ccc21. The molecule has 1 spiro atoms. The van der Waals surface area contributed by atoms with Crippen LogP contribution in [-0.2, 0) is 16.2 Å². The second-order valence-electron chi connectivity index (χ2n) is 22.5. The summed E-state index contributed by atoms with van der Waals surface area (Å²) in [6.07, 6.45) is 2.40. The lowest BCUT2D eigenvalue weighted by Gasteiger charge is -2.44. The summed E-state index contributed by atoms with van der Waals surface area (Å²) in [6.45, 7) is 9.77. The lowest BCUT2D eigenvalue weighted by atomic mass is 9.33. The Hall–Kier alpha value is -7.88. The zero-order chi connectivity index (χ0) is 46.2. The van der Waals surface area contributed by atoms with Crippen molar-refractivity contribution in [2.75, 3.05) is 0 Å². The average molecular weight is 891 g/mol. The van der Waals surface area contributed by atoms with E-state index in [2.05, 4.69) is 225 Å². The minimum atomic E-state index is -0.567. The first-order chi connectivity index (χ1) is 34.3. The fourth-order valence-electron chi connectivity index (χ4n) is 15.3. The second kappa shape index (κ2) is 12.5. The van der Waals surface area contributed by atoms with Crippen LogP contribution in [-0.4, -0.2) is 15.8 Å². The summed E-state index contributed by atoms with van der Waals surface area (Å²) in [7, 11) is 0. The van der Waals surface area contributed by atoms with E-state index in [9.17, 15) is 0 Å². The maximum Gasteiger partial charge on any atom is 0.252 e. The molecule has 5 heterocycles. The van der Waals surface area contributed by atoms with Crippen LogP contribution < -0.4 is 16.4 Å². The van der Waals surface area contributed by atoms with Crippen molar-refractivity contribution in [2.45, 2.75) is 56.8 Å². The van der Waals surface area contributed by atoms with Crippen LogP contribution in [0.3, 0.4) is 0 Å². The Labute approximate surface area is 407 Å². The van der Waals surface area contributed by atoms with Crippen molar-refractivity contribution >= 4 is 77.5 Å². The minimum absolute atomic E-state index is 0.0175. The number of nitrogens with zero attached hydrogens (tertiary/aromatic N) is 2. The molecule has 5 aliphatic rings. The molecule has 3 heteroatoms. The molecule has 17 rings (SSSR count). The summed E-state index contributed by atoms with van der Waals surface area (Å²) in [6, 6.07) is 73.5. The molecule has 70 heavy (non-hydrogen) atoms. The van der Waals surface area contributed by atoms with Crippen molar-refractivity contribution in [3.63, 3.8) is 0 Å². The van der Waals surface area contributed by atoms with Crippen molar-refractivity contribution in [3.05, 3.63) is 221 Å². The molecule has 10 aromatic carbocycles. The van der Waals surface area contributed by atoms with Crippen LogP contribution in [0.5, 0.6) is 0 Å². The molecule has 0 bridgehead atoms. The zero-order valence-electron chi connectivity index (χ0n) is 39.8. The van der Waals surface area contributed by atoms with E-state index in [0.29, 0.717) is 0 Å². The molecule has 0 N–H and O–H groups in total. The topological polar surface area (TPSA) is 9.86 Å². The summed E-state index contributed by atoms with van der Waals surface area (Å²) in [4.78, 5) is 0. The van der Waals surface area contributed by atoms with Gasteiger partial charge in [-0.1, -0.05) is 204 Å². The molecule has 0 unspecified atom stereocenters. The quantitative estimate of drug-likeness (QED) is 0.153. The first-order valence-electron chi connectivity index (χ1n) is 25.4. The third-order valence-electron chi connectivity index (χ3n) is 18.4. The Morgan fingerprint density at radius 2 is 0.900 bits per heavy atom. The Morgan fingerprint density at radius 1 is 0.357 bits per heavy atom. The number of hydrogen-bond donors (Lipinski definition) is 0. The minimum Gasteiger partial charge on any atom is -0.310 e. The van der Waals surface area contributed by atoms with Gasteiger partial charge in [-0.3, -0.25) is 0 Å². The van der Waals surface area contributed by atoms with Gasteiger partial charge in [-0.15, -0.1) is 0 Å². The molecule has 2 aromatic heterocycles. The van der Waals surface area contributed by atoms with Gasteiger partial charge in [-0.2, -0.15) is 0 Å². The van der Waals surface area contributed by atoms with E-state index in [-0.39, 0.29) is 17.5 Å². The van der Waals surface area contributed by atoms with E-state index in [0.717, 1.165) is 0 Å². The van der Waals surface area contributed by atoms with Gasteiger partial charge in [0.25, 0.3) is 6.71 Å². The summed E-state index contributed by atoms with van der Waals surface area (Å²) >= 11 is 0. The normalized spacial score (nSPS) is 16.5.